The van der Waals surface area contributed by atoms with Crippen LogP contribution in [-0.2, 0) is 0 Å². The van der Waals surface area contributed by atoms with Crippen molar-refractivity contribution in [1.29, 1.82) is 5.26 Å². The summed E-state index contributed by atoms with van der Waals surface area (Å²) >= 11 is 3.43. The van der Waals surface area contributed by atoms with Gasteiger partial charge >= 0.3 is 0 Å². The molecule has 0 radical (unpaired) electrons. The molecule has 3 nitrogen and oxygen atoms in total. The van der Waals surface area contributed by atoms with Gasteiger partial charge in [-0.1, -0.05) is 29.3 Å². The third-order valence-corrected chi connectivity index (χ3v) is 3.12. The number of nitriles is 1. The summed E-state index contributed by atoms with van der Waals surface area (Å²) in [5.41, 5.74) is 7.96. The molecule has 1 aromatic rings. The SMILES string of the molecule is CCC/C(C#N)=C(/N)c1cc(OC)ccc1Br. The zero-order chi connectivity index (χ0) is 12.8. The maximum atomic E-state index is 9.07. The minimum Gasteiger partial charge on any atom is -0.497 e. The van der Waals surface area contributed by atoms with Gasteiger partial charge in [-0.3, -0.25) is 0 Å². The Kier molecular flexibility index (Phi) is 5.05. The molecule has 2 N–H and O–H groups in total. The number of methoxy groups -OCH3 is 1. The van der Waals surface area contributed by atoms with Crippen molar-refractivity contribution in [2.75, 3.05) is 7.11 Å². The molecule has 0 atom stereocenters. The molecule has 17 heavy (non-hydrogen) atoms. The first-order chi connectivity index (χ1) is 8.13. The van der Waals surface area contributed by atoms with Gasteiger partial charge in [-0.15, -0.1) is 0 Å². The quantitative estimate of drug-likeness (QED) is 0.865. The summed E-state index contributed by atoms with van der Waals surface area (Å²) < 4.78 is 6.01. The smallest absolute Gasteiger partial charge is 0.119 e. The van der Waals surface area contributed by atoms with Crippen LogP contribution in [0.25, 0.3) is 5.70 Å². The number of allylic oxidation sites excluding steroid dienone is 1. The van der Waals surface area contributed by atoms with Crippen molar-refractivity contribution < 1.29 is 4.74 Å². The van der Waals surface area contributed by atoms with E-state index in [4.69, 9.17) is 15.7 Å². The zero-order valence-corrected chi connectivity index (χ0v) is 11.5. The fourth-order valence-electron chi connectivity index (χ4n) is 1.50. The molecular weight excluding hydrogens is 280 g/mol. The lowest BCUT2D eigenvalue weighted by Gasteiger charge is -2.09. The Hall–Kier alpha value is -1.47. The van der Waals surface area contributed by atoms with E-state index in [0.717, 1.165) is 22.2 Å². The molecule has 4 heteroatoms. The summed E-state index contributed by atoms with van der Waals surface area (Å²) in [6.45, 7) is 2.02. The highest BCUT2D eigenvalue weighted by molar-refractivity contribution is 9.10. The fourth-order valence-corrected chi connectivity index (χ4v) is 1.96. The second kappa shape index (κ2) is 6.31. The molecule has 1 rings (SSSR count). The fraction of sp³-hybridized carbons (Fsp3) is 0.308. The Morgan fingerprint density at radius 3 is 2.76 bits per heavy atom. The molecule has 0 aliphatic carbocycles. The Balaban J connectivity index is 3.27. The molecule has 90 valence electrons. The minimum atomic E-state index is 0.514. The van der Waals surface area contributed by atoms with Gasteiger partial charge in [0.05, 0.1) is 24.4 Å². The molecule has 0 aliphatic heterocycles. The van der Waals surface area contributed by atoms with E-state index in [1.165, 1.54) is 0 Å². The lowest BCUT2D eigenvalue weighted by Crippen LogP contribution is -2.02. The van der Waals surface area contributed by atoms with Gasteiger partial charge in [0, 0.05) is 10.0 Å². The molecule has 0 aliphatic rings. The van der Waals surface area contributed by atoms with Crippen molar-refractivity contribution in [3.8, 4) is 11.8 Å². The number of ether oxygens (including phenoxy) is 1. The van der Waals surface area contributed by atoms with Crippen LogP contribution in [0.3, 0.4) is 0 Å². The van der Waals surface area contributed by atoms with Crippen molar-refractivity contribution in [3.05, 3.63) is 33.8 Å². The molecule has 0 unspecified atom stereocenters. The molecule has 0 saturated heterocycles. The van der Waals surface area contributed by atoms with Gasteiger partial charge in [0.2, 0.25) is 0 Å². The van der Waals surface area contributed by atoms with Crippen molar-refractivity contribution in [2.24, 2.45) is 5.73 Å². The third kappa shape index (κ3) is 3.24. The second-order valence-electron chi connectivity index (χ2n) is 3.60. The number of halogens is 1. The maximum absolute atomic E-state index is 9.07. The lowest BCUT2D eigenvalue weighted by molar-refractivity contribution is 0.414. The Bertz CT molecular complexity index is 475. The number of nitrogens with zero attached hydrogens (tertiary/aromatic N) is 1. The number of hydrogen-bond acceptors (Lipinski definition) is 3. The van der Waals surface area contributed by atoms with Crippen LogP contribution in [0.2, 0.25) is 0 Å². The lowest BCUT2D eigenvalue weighted by atomic mass is 10.0. The third-order valence-electron chi connectivity index (χ3n) is 2.42. The van der Waals surface area contributed by atoms with Crippen LogP contribution < -0.4 is 10.5 Å². The normalized spacial score (nSPS) is 11.6. The van der Waals surface area contributed by atoms with Crippen LogP contribution in [-0.4, -0.2) is 7.11 Å². The molecule has 0 heterocycles. The van der Waals surface area contributed by atoms with Crippen molar-refractivity contribution in [3.63, 3.8) is 0 Å². The van der Waals surface area contributed by atoms with Crippen molar-refractivity contribution in [1.82, 2.24) is 0 Å². The van der Waals surface area contributed by atoms with Crippen LogP contribution in [0.4, 0.5) is 0 Å². The highest BCUT2D eigenvalue weighted by Gasteiger charge is 2.09. The van der Waals surface area contributed by atoms with Gasteiger partial charge in [-0.25, -0.2) is 0 Å². The van der Waals surface area contributed by atoms with E-state index in [0.29, 0.717) is 17.7 Å². The predicted molar refractivity (Wildman–Crippen MR) is 72.3 cm³/mol. The summed E-state index contributed by atoms with van der Waals surface area (Å²) in [7, 11) is 1.60. The maximum Gasteiger partial charge on any atom is 0.119 e. The molecular formula is C13H15BrN2O. The average molecular weight is 295 g/mol. The van der Waals surface area contributed by atoms with E-state index >= 15 is 0 Å². The van der Waals surface area contributed by atoms with Crippen LogP contribution in [0, 0.1) is 11.3 Å². The number of rotatable bonds is 4. The number of hydrogen-bond donors (Lipinski definition) is 1. The van der Waals surface area contributed by atoms with E-state index < -0.39 is 0 Å². The molecule has 0 amide bonds. The Labute approximate surface area is 110 Å². The summed E-state index contributed by atoms with van der Waals surface area (Å²) in [5, 5.41) is 9.07. The van der Waals surface area contributed by atoms with E-state index in [9.17, 15) is 0 Å². The molecule has 0 fully saturated rings. The van der Waals surface area contributed by atoms with E-state index in [2.05, 4.69) is 22.0 Å². The van der Waals surface area contributed by atoms with Crippen LogP contribution in [0.1, 0.15) is 25.3 Å². The minimum absolute atomic E-state index is 0.514. The Morgan fingerprint density at radius 1 is 1.53 bits per heavy atom. The first-order valence-electron chi connectivity index (χ1n) is 5.36. The topological polar surface area (TPSA) is 59.0 Å². The van der Waals surface area contributed by atoms with E-state index in [-0.39, 0.29) is 0 Å². The predicted octanol–water partition coefficient (Wildman–Crippen LogP) is 3.45. The molecule has 0 saturated carbocycles. The molecule has 0 aromatic heterocycles. The van der Waals surface area contributed by atoms with Gasteiger partial charge < -0.3 is 10.5 Å². The number of benzene rings is 1. The first-order valence-corrected chi connectivity index (χ1v) is 6.16. The summed E-state index contributed by atoms with van der Waals surface area (Å²) in [5.74, 6) is 0.722. The second-order valence-corrected chi connectivity index (χ2v) is 4.45. The first kappa shape index (κ1) is 13.6. The molecule has 0 bridgehead atoms. The van der Waals surface area contributed by atoms with Crippen molar-refractivity contribution in [2.45, 2.75) is 19.8 Å². The van der Waals surface area contributed by atoms with E-state index in [1.54, 1.807) is 7.11 Å². The van der Waals surface area contributed by atoms with Crippen LogP contribution in [0.15, 0.2) is 28.2 Å². The van der Waals surface area contributed by atoms with Gasteiger partial charge in [0.1, 0.15) is 5.75 Å². The molecule has 0 spiro atoms. The van der Waals surface area contributed by atoms with E-state index in [1.807, 2.05) is 25.1 Å². The van der Waals surface area contributed by atoms with Crippen LogP contribution >= 0.6 is 15.9 Å². The summed E-state index contributed by atoms with van der Waals surface area (Å²) in [6, 6.07) is 7.69. The van der Waals surface area contributed by atoms with Crippen LogP contribution in [0.5, 0.6) is 5.75 Å². The highest BCUT2D eigenvalue weighted by Crippen LogP contribution is 2.28. The highest BCUT2D eigenvalue weighted by atomic mass is 79.9. The standard InChI is InChI=1S/C13H15BrN2O/c1-3-4-9(8-15)13(16)11-7-10(17-2)5-6-12(11)14/h5-7H,3-4,16H2,1-2H3/b13-9-. The van der Waals surface area contributed by atoms with Crippen molar-refractivity contribution >= 4 is 21.6 Å². The monoisotopic (exact) mass is 294 g/mol. The summed E-state index contributed by atoms with van der Waals surface area (Å²) in [6.07, 6.45) is 1.58. The van der Waals surface area contributed by atoms with Gasteiger partial charge in [0.15, 0.2) is 0 Å². The van der Waals surface area contributed by atoms with Gasteiger partial charge in [0.25, 0.3) is 0 Å². The molecule has 1 aromatic carbocycles. The summed E-state index contributed by atoms with van der Waals surface area (Å²) in [4.78, 5) is 0. The average Bonchev–Trinajstić information content (AvgIpc) is 2.35. The van der Waals surface area contributed by atoms with Gasteiger partial charge in [-0.05, 0) is 24.6 Å². The Morgan fingerprint density at radius 2 is 2.24 bits per heavy atom. The largest absolute Gasteiger partial charge is 0.497 e. The van der Waals surface area contributed by atoms with Gasteiger partial charge in [-0.2, -0.15) is 5.26 Å². The zero-order valence-electron chi connectivity index (χ0n) is 9.96. The number of nitrogens with two attached hydrogens (primary N) is 1.